The predicted octanol–water partition coefficient (Wildman–Crippen LogP) is 0.791. The van der Waals surface area contributed by atoms with Gasteiger partial charge < -0.3 is 0 Å². The van der Waals surface area contributed by atoms with E-state index in [0.717, 1.165) is 13.8 Å². The summed E-state index contributed by atoms with van der Waals surface area (Å²) in [4.78, 5) is 18.2. The fraction of sp³-hybridized carbons (Fsp3) is 0.500. The first-order valence-electron chi connectivity index (χ1n) is 2.43. The van der Waals surface area contributed by atoms with Gasteiger partial charge in [-0.25, -0.2) is 0 Å². The average Bonchev–Trinajstić information content (AvgIpc) is 1.84. The first-order valence-corrected chi connectivity index (χ1v) is 2.43. The molecular formula is C4H6N2O4. The Kier molecular flexibility index (Phi) is 2.48. The zero-order valence-electron chi connectivity index (χ0n) is 5.53. The quantitative estimate of drug-likeness (QED) is 0.425. The Morgan fingerprint density at radius 2 is 1.20 bits per heavy atom. The lowest BCUT2D eigenvalue weighted by Gasteiger charge is -1.88. The molecule has 0 aliphatic carbocycles. The Morgan fingerprint density at radius 1 is 1.00 bits per heavy atom. The van der Waals surface area contributed by atoms with Gasteiger partial charge >= 0.3 is 11.4 Å². The smallest absolute Gasteiger partial charge is 0.258 e. The van der Waals surface area contributed by atoms with E-state index >= 15 is 0 Å². The third-order valence-electron chi connectivity index (χ3n) is 1.07. The molecule has 56 valence electrons. The molecule has 0 saturated heterocycles. The molecule has 0 aromatic heterocycles. The van der Waals surface area contributed by atoms with Gasteiger partial charge in [0.1, 0.15) is 0 Å². The van der Waals surface area contributed by atoms with Crippen molar-refractivity contribution in [1.29, 1.82) is 0 Å². The molecule has 0 atom stereocenters. The van der Waals surface area contributed by atoms with Gasteiger partial charge in [-0.1, -0.05) is 0 Å². The first-order chi connectivity index (χ1) is 4.46. The molecule has 6 nitrogen and oxygen atoms in total. The van der Waals surface area contributed by atoms with E-state index in [9.17, 15) is 20.2 Å². The van der Waals surface area contributed by atoms with Crippen LogP contribution in [0.3, 0.4) is 0 Å². The van der Waals surface area contributed by atoms with Crippen LogP contribution in [-0.4, -0.2) is 9.85 Å². The van der Waals surface area contributed by atoms with Crippen LogP contribution in [0.25, 0.3) is 0 Å². The van der Waals surface area contributed by atoms with Gasteiger partial charge in [0.15, 0.2) is 0 Å². The molecule has 10 heavy (non-hydrogen) atoms. The van der Waals surface area contributed by atoms with Gasteiger partial charge in [0.05, 0.1) is 9.85 Å². The molecule has 0 saturated carbocycles. The van der Waals surface area contributed by atoms with Crippen molar-refractivity contribution in [2.24, 2.45) is 0 Å². The summed E-state index contributed by atoms with van der Waals surface area (Å²) in [5.41, 5.74) is -0.852. The van der Waals surface area contributed by atoms with Gasteiger partial charge in [0.2, 0.25) is 0 Å². The second kappa shape index (κ2) is 2.90. The van der Waals surface area contributed by atoms with Crippen molar-refractivity contribution in [3.8, 4) is 0 Å². The fourth-order valence-electron chi connectivity index (χ4n) is 0.264. The maximum absolute atomic E-state index is 9.89. The van der Waals surface area contributed by atoms with Crippen molar-refractivity contribution in [2.45, 2.75) is 13.8 Å². The van der Waals surface area contributed by atoms with Gasteiger partial charge in [0, 0.05) is 13.8 Å². The number of hydrogen-bond acceptors (Lipinski definition) is 4. The highest BCUT2D eigenvalue weighted by molar-refractivity contribution is 4.91. The van der Waals surface area contributed by atoms with Crippen molar-refractivity contribution in [3.05, 3.63) is 31.6 Å². The van der Waals surface area contributed by atoms with Gasteiger partial charge in [-0.05, 0) is 0 Å². The lowest BCUT2D eigenvalue weighted by molar-refractivity contribution is -0.470. The van der Waals surface area contributed by atoms with E-state index in [2.05, 4.69) is 0 Å². The minimum absolute atomic E-state index is 0.426. The van der Waals surface area contributed by atoms with E-state index in [4.69, 9.17) is 0 Å². The Bertz CT molecular complexity index is 185. The second-order valence-electron chi connectivity index (χ2n) is 1.69. The normalized spacial score (nSPS) is 12.2. The summed E-state index contributed by atoms with van der Waals surface area (Å²) in [7, 11) is 0. The van der Waals surface area contributed by atoms with Crippen LogP contribution in [0.2, 0.25) is 0 Å². The zero-order valence-corrected chi connectivity index (χ0v) is 5.53. The third kappa shape index (κ3) is 1.81. The Morgan fingerprint density at radius 3 is 1.30 bits per heavy atom. The Balaban J connectivity index is 4.67. The van der Waals surface area contributed by atoms with E-state index in [1.165, 1.54) is 0 Å². The summed E-state index contributed by atoms with van der Waals surface area (Å²) in [5, 5.41) is 19.8. The zero-order chi connectivity index (χ0) is 8.31. The van der Waals surface area contributed by atoms with E-state index in [0.29, 0.717) is 0 Å². The summed E-state index contributed by atoms with van der Waals surface area (Å²) in [6, 6.07) is 0. The molecule has 0 N–H and O–H groups in total. The Labute approximate surface area is 56.5 Å². The van der Waals surface area contributed by atoms with Crippen LogP contribution in [0.15, 0.2) is 11.4 Å². The van der Waals surface area contributed by atoms with Gasteiger partial charge in [-0.2, -0.15) is 0 Å². The number of hydrogen-bond donors (Lipinski definition) is 0. The highest BCUT2D eigenvalue weighted by Crippen LogP contribution is 2.02. The maximum Gasteiger partial charge on any atom is 0.314 e. The third-order valence-corrected chi connectivity index (χ3v) is 1.07. The van der Waals surface area contributed by atoms with Crippen molar-refractivity contribution >= 4 is 0 Å². The monoisotopic (exact) mass is 146 g/mol. The lowest BCUT2D eigenvalue weighted by atomic mass is 10.4. The number of nitro groups is 2. The van der Waals surface area contributed by atoms with Crippen LogP contribution in [0.5, 0.6) is 0 Å². The van der Waals surface area contributed by atoms with Crippen molar-refractivity contribution in [2.75, 3.05) is 0 Å². The molecule has 0 rings (SSSR count). The van der Waals surface area contributed by atoms with Crippen LogP contribution < -0.4 is 0 Å². The molecule has 0 fully saturated rings. The Hall–Kier alpha value is -1.46. The molecular weight excluding hydrogens is 140 g/mol. The second-order valence-corrected chi connectivity index (χ2v) is 1.69. The first kappa shape index (κ1) is 8.54. The van der Waals surface area contributed by atoms with E-state index < -0.39 is 21.2 Å². The number of nitrogens with zero attached hydrogens (tertiary/aromatic N) is 2. The molecule has 0 radical (unpaired) electrons. The van der Waals surface area contributed by atoms with Crippen molar-refractivity contribution in [1.82, 2.24) is 0 Å². The molecule has 0 heterocycles. The molecule has 0 amide bonds. The van der Waals surface area contributed by atoms with Crippen LogP contribution in [0, 0.1) is 20.2 Å². The predicted molar refractivity (Wildman–Crippen MR) is 32.4 cm³/mol. The number of rotatable bonds is 2. The average molecular weight is 146 g/mol. The number of allylic oxidation sites excluding steroid dienone is 2. The molecule has 0 aromatic rings. The molecule has 6 heteroatoms. The SMILES string of the molecule is C/C(=C(\C)[N+](=O)[O-])[N+](=O)[O-]. The molecule has 0 aliphatic rings. The molecule has 0 unspecified atom stereocenters. The summed E-state index contributed by atoms with van der Waals surface area (Å²) < 4.78 is 0. The minimum Gasteiger partial charge on any atom is -0.258 e. The summed E-state index contributed by atoms with van der Waals surface area (Å²) >= 11 is 0. The van der Waals surface area contributed by atoms with Crippen LogP contribution >= 0.6 is 0 Å². The summed E-state index contributed by atoms with van der Waals surface area (Å²) in [6.07, 6.45) is 0. The van der Waals surface area contributed by atoms with Crippen LogP contribution in [0.1, 0.15) is 13.8 Å². The van der Waals surface area contributed by atoms with Crippen LogP contribution in [0.4, 0.5) is 0 Å². The highest BCUT2D eigenvalue weighted by atomic mass is 16.6. The summed E-state index contributed by atoms with van der Waals surface area (Å²) in [5.74, 6) is 0. The van der Waals surface area contributed by atoms with Crippen molar-refractivity contribution in [3.63, 3.8) is 0 Å². The van der Waals surface area contributed by atoms with E-state index in [-0.39, 0.29) is 0 Å². The topological polar surface area (TPSA) is 86.3 Å². The minimum atomic E-state index is -0.780. The molecule has 0 spiro atoms. The fourth-order valence-corrected chi connectivity index (χ4v) is 0.264. The largest absolute Gasteiger partial charge is 0.314 e. The van der Waals surface area contributed by atoms with Gasteiger partial charge in [-0.3, -0.25) is 20.2 Å². The van der Waals surface area contributed by atoms with Crippen LogP contribution in [-0.2, 0) is 0 Å². The molecule has 0 bridgehead atoms. The molecule has 0 aromatic carbocycles. The van der Waals surface area contributed by atoms with Gasteiger partial charge in [-0.15, -0.1) is 0 Å². The standard InChI is InChI=1S/C4H6N2O4/c1-3(5(7)8)4(2)6(9)10/h1-2H3/b4-3-. The molecule has 0 aliphatic heterocycles. The van der Waals surface area contributed by atoms with Gasteiger partial charge in [0.25, 0.3) is 0 Å². The summed E-state index contributed by atoms with van der Waals surface area (Å²) in [6.45, 7) is 2.19. The van der Waals surface area contributed by atoms with E-state index in [1.54, 1.807) is 0 Å². The van der Waals surface area contributed by atoms with Crippen molar-refractivity contribution < 1.29 is 9.85 Å². The lowest BCUT2D eigenvalue weighted by Crippen LogP contribution is -2.04. The van der Waals surface area contributed by atoms with E-state index in [1.807, 2.05) is 0 Å². The highest BCUT2D eigenvalue weighted by Gasteiger charge is 2.17. The maximum atomic E-state index is 9.89.